The standard InChI is InChI=1S/C18H25BrFNO3S/c1-6-7-24-18(23)16(10(2)3)25-15-9-14(13(20)8-12(15)19)21-17(22)11(4)5/h8-11,16H,6-7H2,1-5H3,(H,21,22). The van der Waals surface area contributed by atoms with Crippen molar-refractivity contribution >= 4 is 45.3 Å². The van der Waals surface area contributed by atoms with Crippen LogP contribution in [0.1, 0.15) is 41.0 Å². The zero-order chi connectivity index (χ0) is 19.1. The SMILES string of the molecule is CCCOC(=O)C(Sc1cc(NC(=O)C(C)C)c(F)cc1Br)C(C)C. The Kier molecular flexibility index (Phi) is 8.93. The van der Waals surface area contributed by atoms with Gasteiger partial charge in [-0.05, 0) is 40.4 Å². The van der Waals surface area contributed by atoms with Crippen molar-refractivity contribution in [2.24, 2.45) is 11.8 Å². The minimum Gasteiger partial charge on any atom is -0.465 e. The minimum atomic E-state index is -0.528. The molecule has 0 radical (unpaired) electrons. The minimum absolute atomic E-state index is 0.0417. The summed E-state index contributed by atoms with van der Waals surface area (Å²) in [6.07, 6.45) is 0.757. The lowest BCUT2D eigenvalue weighted by Gasteiger charge is -2.20. The Labute approximate surface area is 161 Å². The maximum absolute atomic E-state index is 14.1. The molecular weight excluding hydrogens is 409 g/mol. The van der Waals surface area contributed by atoms with E-state index in [-0.39, 0.29) is 29.4 Å². The number of rotatable bonds is 8. The van der Waals surface area contributed by atoms with Crippen molar-refractivity contribution in [3.05, 3.63) is 22.4 Å². The first-order chi connectivity index (χ1) is 11.7. The third kappa shape index (κ3) is 6.62. The van der Waals surface area contributed by atoms with E-state index in [4.69, 9.17) is 4.74 Å². The molecule has 0 aromatic heterocycles. The topological polar surface area (TPSA) is 55.4 Å². The third-order valence-electron chi connectivity index (χ3n) is 3.34. The van der Waals surface area contributed by atoms with Crippen LogP contribution < -0.4 is 5.32 Å². The molecule has 25 heavy (non-hydrogen) atoms. The average Bonchev–Trinajstić information content (AvgIpc) is 2.53. The van der Waals surface area contributed by atoms with Crippen molar-refractivity contribution in [3.8, 4) is 0 Å². The van der Waals surface area contributed by atoms with E-state index in [0.717, 1.165) is 6.42 Å². The van der Waals surface area contributed by atoms with Gasteiger partial charge in [0.15, 0.2) is 0 Å². The van der Waals surface area contributed by atoms with Crippen molar-refractivity contribution in [1.82, 2.24) is 0 Å². The highest BCUT2D eigenvalue weighted by molar-refractivity contribution is 9.10. The first kappa shape index (κ1) is 22.0. The van der Waals surface area contributed by atoms with Crippen LogP contribution in [0.2, 0.25) is 0 Å². The van der Waals surface area contributed by atoms with Gasteiger partial charge in [-0.25, -0.2) is 4.39 Å². The van der Waals surface area contributed by atoms with Crippen LogP contribution >= 0.6 is 27.7 Å². The second kappa shape index (κ2) is 10.2. The number of nitrogens with one attached hydrogen (secondary N) is 1. The van der Waals surface area contributed by atoms with E-state index in [1.54, 1.807) is 19.9 Å². The Morgan fingerprint density at radius 3 is 2.44 bits per heavy atom. The summed E-state index contributed by atoms with van der Waals surface area (Å²) in [5, 5.41) is 2.16. The molecule has 0 saturated heterocycles. The second-order valence-electron chi connectivity index (χ2n) is 6.36. The van der Waals surface area contributed by atoms with Gasteiger partial charge in [0.1, 0.15) is 11.1 Å². The first-order valence-corrected chi connectivity index (χ1v) is 9.97. The molecule has 4 nitrogen and oxygen atoms in total. The number of carbonyl (C=O) groups is 2. The molecule has 0 heterocycles. The van der Waals surface area contributed by atoms with E-state index in [9.17, 15) is 14.0 Å². The largest absolute Gasteiger partial charge is 0.465 e. The van der Waals surface area contributed by atoms with E-state index in [2.05, 4.69) is 21.2 Å². The molecule has 0 saturated carbocycles. The summed E-state index contributed by atoms with van der Waals surface area (Å²) in [7, 11) is 0. The zero-order valence-electron chi connectivity index (χ0n) is 15.2. The highest BCUT2D eigenvalue weighted by atomic mass is 79.9. The van der Waals surface area contributed by atoms with Crippen molar-refractivity contribution < 1.29 is 18.7 Å². The van der Waals surface area contributed by atoms with Gasteiger partial charge in [0, 0.05) is 15.3 Å². The Hall–Kier alpha value is -1.08. The van der Waals surface area contributed by atoms with Crippen LogP contribution in [0.15, 0.2) is 21.5 Å². The van der Waals surface area contributed by atoms with Crippen molar-refractivity contribution in [2.75, 3.05) is 11.9 Å². The smallest absolute Gasteiger partial charge is 0.319 e. The monoisotopic (exact) mass is 433 g/mol. The van der Waals surface area contributed by atoms with Gasteiger partial charge in [0.05, 0.1) is 12.3 Å². The Morgan fingerprint density at radius 1 is 1.28 bits per heavy atom. The molecule has 0 aliphatic rings. The molecule has 7 heteroatoms. The summed E-state index contributed by atoms with van der Waals surface area (Å²) in [4.78, 5) is 24.8. The number of hydrogen-bond acceptors (Lipinski definition) is 4. The molecule has 0 spiro atoms. The summed E-state index contributed by atoms with van der Waals surface area (Å²) in [6.45, 7) is 9.65. The molecule has 1 atom stereocenters. The van der Waals surface area contributed by atoms with Gasteiger partial charge in [-0.15, -0.1) is 11.8 Å². The number of esters is 1. The van der Waals surface area contributed by atoms with Gasteiger partial charge in [-0.1, -0.05) is 34.6 Å². The number of carbonyl (C=O) groups excluding carboxylic acids is 2. The van der Waals surface area contributed by atoms with Crippen LogP contribution in [0.5, 0.6) is 0 Å². The van der Waals surface area contributed by atoms with Crippen molar-refractivity contribution in [1.29, 1.82) is 0 Å². The van der Waals surface area contributed by atoms with E-state index in [1.807, 2.05) is 20.8 Å². The number of benzene rings is 1. The molecule has 140 valence electrons. The molecule has 1 amide bonds. The molecule has 1 aromatic rings. The Balaban J connectivity index is 3.05. The molecular formula is C18H25BrFNO3S. The predicted octanol–water partition coefficient (Wildman–Crippen LogP) is 5.25. The number of ether oxygens (including phenoxy) is 1. The normalized spacial score (nSPS) is 12.4. The highest BCUT2D eigenvalue weighted by Gasteiger charge is 2.26. The number of thioether (sulfide) groups is 1. The molecule has 0 aliphatic carbocycles. The van der Waals surface area contributed by atoms with E-state index in [0.29, 0.717) is 16.0 Å². The van der Waals surface area contributed by atoms with Crippen LogP contribution in [-0.2, 0) is 14.3 Å². The Morgan fingerprint density at radius 2 is 1.92 bits per heavy atom. The average molecular weight is 434 g/mol. The molecule has 0 bridgehead atoms. The summed E-state index contributed by atoms with van der Waals surface area (Å²) >= 11 is 4.63. The summed E-state index contributed by atoms with van der Waals surface area (Å²) in [5.74, 6) is -1.29. The van der Waals surface area contributed by atoms with Gasteiger partial charge in [0.2, 0.25) is 5.91 Å². The van der Waals surface area contributed by atoms with Gasteiger partial charge in [-0.2, -0.15) is 0 Å². The number of anilines is 1. The number of halogens is 2. The van der Waals surface area contributed by atoms with Gasteiger partial charge in [-0.3, -0.25) is 9.59 Å². The summed E-state index contributed by atoms with van der Waals surface area (Å²) in [6, 6.07) is 2.85. The van der Waals surface area contributed by atoms with E-state index >= 15 is 0 Å². The predicted molar refractivity (Wildman–Crippen MR) is 103 cm³/mol. The molecule has 1 rings (SSSR count). The lowest BCUT2D eigenvalue weighted by Crippen LogP contribution is -2.26. The fourth-order valence-electron chi connectivity index (χ4n) is 1.87. The van der Waals surface area contributed by atoms with Crippen molar-refractivity contribution in [2.45, 2.75) is 51.2 Å². The molecule has 0 fully saturated rings. The summed E-state index contributed by atoms with van der Waals surface area (Å²) < 4.78 is 19.9. The molecule has 1 aromatic carbocycles. The maximum atomic E-state index is 14.1. The highest BCUT2D eigenvalue weighted by Crippen LogP contribution is 2.37. The van der Waals surface area contributed by atoms with E-state index < -0.39 is 11.1 Å². The van der Waals surface area contributed by atoms with Crippen LogP contribution in [0.25, 0.3) is 0 Å². The lowest BCUT2D eigenvalue weighted by molar-refractivity contribution is -0.143. The fourth-order valence-corrected chi connectivity index (χ4v) is 3.53. The first-order valence-electron chi connectivity index (χ1n) is 8.30. The lowest BCUT2D eigenvalue weighted by atomic mass is 10.1. The summed E-state index contributed by atoms with van der Waals surface area (Å²) in [5.41, 5.74) is 0.105. The van der Waals surface area contributed by atoms with Crippen LogP contribution in [0.3, 0.4) is 0 Å². The van der Waals surface area contributed by atoms with Crippen LogP contribution in [0.4, 0.5) is 10.1 Å². The zero-order valence-corrected chi connectivity index (χ0v) is 17.6. The molecule has 1 unspecified atom stereocenters. The second-order valence-corrected chi connectivity index (χ2v) is 8.39. The Bertz CT molecular complexity index is 623. The quantitative estimate of drug-likeness (QED) is 0.449. The molecule has 1 N–H and O–H groups in total. The van der Waals surface area contributed by atoms with Crippen molar-refractivity contribution in [3.63, 3.8) is 0 Å². The number of hydrogen-bond donors (Lipinski definition) is 1. The van der Waals surface area contributed by atoms with Gasteiger partial charge >= 0.3 is 5.97 Å². The third-order valence-corrected chi connectivity index (χ3v) is 5.84. The van der Waals surface area contributed by atoms with Gasteiger partial charge < -0.3 is 10.1 Å². The van der Waals surface area contributed by atoms with E-state index in [1.165, 1.54) is 17.8 Å². The number of amides is 1. The fraction of sp³-hybridized carbons (Fsp3) is 0.556. The molecule has 0 aliphatic heterocycles. The van der Waals surface area contributed by atoms with Crippen LogP contribution in [0, 0.1) is 17.7 Å². The maximum Gasteiger partial charge on any atom is 0.319 e. The van der Waals surface area contributed by atoms with Crippen LogP contribution in [-0.4, -0.2) is 23.7 Å². The van der Waals surface area contributed by atoms with Gasteiger partial charge in [0.25, 0.3) is 0 Å².